The minimum atomic E-state index is -0.877. The van der Waals surface area contributed by atoms with E-state index < -0.39 is 12.5 Å². The third kappa shape index (κ3) is 2.40. The molecule has 5 heteroatoms. The maximum Gasteiger partial charge on any atom is 0.221 e. The first kappa shape index (κ1) is 11.4. The van der Waals surface area contributed by atoms with Gasteiger partial charge in [-0.3, -0.25) is 4.79 Å². The Labute approximate surface area is 93.8 Å². The molecule has 0 bridgehead atoms. The molecule has 0 aliphatic heterocycles. The highest BCUT2D eigenvalue weighted by molar-refractivity contribution is 14.1. The maximum atomic E-state index is 13.4. The SMILES string of the molecule is CC(=O)Nc1ccc(I)c(CF)c1F. The summed E-state index contributed by atoms with van der Waals surface area (Å²) in [4.78, 5) is 10.7. The predicted molar refractivity (Wildman–Crippen MR) is 58.2 cm³/mol. The molecule has 0 aliphatic rings. The molecule has 76 valence electrons. The summed E-state index contributed by atoms with van der Waals surface area (Å²) in [6.07, 6.45) is 0. The van der Waals surface area contributed by atoms with Crippen molar-refractivity contribution in [1.29, 1.82) is 0 Å². The number of benzene rings is 1. The van der Waals surface area contributed by atoms with Gasteiger partial charge in [0.2, 0.25) is 5.91 Å². The molecular weight excluding hydrogens is 303 g/mol. The van der Waals surface area contributed by atoms with Gasteiger partial charge in [-0.1, -0.05) is 0 Å². The van der Waals surface area contributed by atoms with Crippen molar-refractivity contribution in [1.82, 2.24) is 0 Å². The highest BCUT2D eigenvalue weighted by Gasteiger charge is 2.12. The molecule has 0 heterocycles. The van der Waals surface area contributed by atoms with Gasteiger partial charge in [0, 0.05) is 16.1 Å². The Morgan fingerprint density at radius 1 is 1.57 bits per heavy atom. The molecule has 0 saturated carbocycles. The first-order chi connectivity index (χ1) is 6.56. The van der Waals surface area contributed by atoms with Gasteiger partial charge in [-0.2, -0.15) is 0 Å². The summed E-state index contributed by atoms with van der Waals surface area (Å²) in [5.41, 5.74) is 0.00224. The molecule has 0 atom stereocenters. The van der Waals surface area contributed by atoms with E-state index in [-0.39, 0.29) is 17.2 Å². The van der Waals surface area contributed by atoms with Crippen molar-refractivity contribution in [2.45, 2.75) is 13.6 Å². The minimum Gasteiger partial charge on any atom is -0.324 e. The molecule has 1 amide bonds. The van der Waals surface area contributed by atoms with Crippen LogP contribution in [0.15, 0.2) is 12.1 Å². The van der Waals surface area contributed by atoms with Crippen LogP contribution in [0.1, 0.15) is 12.5 Å². The highest BCUT2D eigenvalue weighted by Crippen LogP contribution is 2.24. The molecule has 1 aromatic carbocycles. The lowest BCUT2D eigenvalue weighted by molar-refractivity contribution is -0.114. The van der Waals surface area contributed by atoms with Crippen LogP contribution in [0.2, 0.25) is 0 Å². The average molecular weight is 311 g/mol. The summed E-state index contributed by atoms with van der Waals surface area (Å²) in [7, 11) is 0. The molecule has 14 heavy (non-hydrogen) atoms. The number of halogens is 3. The van der Waals surface area contributed by atoms with Crippen LogP contribution in [0.3, 0.4) is 0 Å². The zero-order valence-corrected chi connectivity index (χ0v) is 9.56. The van der Waals surface area contributed by atoms with Gasteiger partial charge in [0.15, 0.2) is 5.82 Å². The van der Waals surface area contributed by atoms with E-state index in [0.29, 0.717) is 3.57 Å². The van der Waals surface area contributed by atoms with E-state index in [1.807, 2.05) is 22.6 Å². The smallest absolute Gasteiger partial charge is 0.221 e. The summed E-state index contributed by atoms with van der Waals surface area (Å²) >= 11 is 1.84. The van der Waals surface area contributed by atoms with Crippen LogP contribution in [0, 0.1) is 9.39 Å². The Bertz CT molecular complexity index is 368. The standard InChI is InChI=1S/C9H8F2INO/c1-5(14)13-8-3-2-7(12)6(4-10)9(8)11/h2-3H,4H2,1H3,(H,13,14). The fraction of sp³-hybridized carbons (Fsp3) is 0.222. The molecule has 0 aromatic heterocycles. The number of carbonyl (C=O) groups excluding carboxylic acids is 1. The highest BCUT2D eigenvalue weighted by atomic mass is 127. The van der Waals surface area contributed by atoms with Crippen LogP contribution in [0.4, 0.5) is 14.5 Å². The summed E-state index contributed by atoms with van der Waals surface area (Å²) in [5, 5.41) is 2.29. The van der Waals surface area contributed by atoms with Crippen LogP contribution in [-0.4, -0.2) is 5.91 Å². The Balaban J connectivity index is 3.14. The Morgan fingerprint density at radius 2 is 2.21 bits per heavy atom. The average Bonchev–Trinajstić information content (AvgIpc) is 2.10. The molecular formula is C9H8F2INO. The van der Waals surface area contributed by atoms with E-state index >= 15 is 0 Å². The lowest BCUT2D eigenvalue weighted by atomic mass is 10.2. The molecule has 1 N–H and O–H groups in total. The Kier molecular flexibility index (Phi) is 3.79. The summed E-state index contributed by atoms with van der Waals surface area (Å²) < 4.78 is 26.4. The number of nitrogens with one attached hydrogen (secondary N) is 1. The monoisotopic (exact) mass is 311 g/mol. The van der Waals surface area contributed by atoms with Crippen LogP contribution < -0.4 is 5.32 Å². The topological polar surface area (TPSA) is 29.1 Å². The van der Waals surface area contributed by atoms with Crippen molar-refractivity contribution in [2.24, 2.45) is 0 Å². The van der Waals surface area contributed by atoms with Crippen molar-refractivity contribution in [3.63, 3.8) is 0 Å². The molecule has 0 aliphatic carbocycles. The van der Waals surface area contributed by atoms with Crippen molar-refractivity contribution < 1.29 is 13.6 Å². The number of alkyl halides is 1. The third-order valence-electron chi connectivity index (χ3n) is 1.63. The van der Waals surface area contributed by atoms with Gasteiger partial charge in [-0.25, -0.2) is 8.78 Å². The molecule has 0 fully saturated rings. The van der Waals surface area contributed by atoms with Gasteiger partial charge in [-0.15, -0.1) is 0 Å². The second kappa shape index (κ2) is 4.68. The number of carbonyl (C=O) groups is 1. The van der Waals surface area contributed by atoms with Gasteiger partial charge in [0.25, 0.3) is 0 Å². The number of hydrogen-bond donors (Lipinski definition) is 1. The summed E-state index contributed by atoms with van der Waals surface area (Å²) in [6.45, 7) is 0.393. The normalized spacial score (nSPS) is 10.0. The van der Waals surface area contributed by atoms with Crippen LogP contribution in [0.25, 0.3) is 0 Å². The largest absolute Gasteiger partial charge is 0.324 e. The molecule has 2 nitrogen and oxygen atoms in total. The van der Waals surface area contributed by atoms with Gasteiger partial charge in [0.05, 0.1) is 5.69 Å². The number of anilines is 1. The van der Waals surface area contributed by atoms with Crippen LogP contribution in [0.5, 0.6) is 0 Å². The second-order valence-corrected chi connectivity index (χ2v) is 3.86. The van der Waals surface area contributed by atoms with Gasteiger partial charge < -0.3 is 5.32 Å². The Hall–Kier alpha value is -0.720. The number of rotatable bonds is 2. The van der Waals surface area contributed by atoms with Crippen molar-refractivity contribution >= 4 is 34.2 Å². The number of amides is 1. The van der Waals surface area contributed by atoms with Crippen LogP contribution in [-0.2, 0) is 11.5 Å². The van der Waals surface area contributed by atoms with E-state index in [0.717, 1.165) is 0 Å². The lowest BCUT2D eigenvalue weighted by Crippen LogP contribution is -2.09. The summed E-state index contributed by atoms with van der Waals surface area (Å²) in [5.74, 6) is -1.08. The zero-order chi connectivity index (χ0) is 10.7. The molecule has 1 aromatic rings. The first-order valence-corrected chi connectivity index (χ1v) is 4.94. The second-order valence-electron chi connectivity index (χ2n) is 2.70. The van der Waals surface area contributed by atoms with E-state index in [4.69, 9.17) is 0 Å². The predicted octanol–water partition coefficient (Wildman–Crippen LogP) is 2.86. The molecule has 0 saturated heterocycles. The third-order valence-corrected chi connectivity index (χ3v) is 2.64. The fourth-order valence-electron chi connectivity index (χ4n) is 1.01. The van der Waals surface area contributed by atoms with Crippen LogP contribution >= 0.6 is 22.6 Å². The van der Waals surface area contributed by atoms with E-state index in [1.165, 1.54) is 13.0 Å². The van der Waals surface area contributed by atoms with Gasteiger partial charge in [-0.05, 0) is 34.7 Å². The lowest BCUT2D eigenvalue weighted by Gasteiger charge is -2.07. The quantitative estimate of drug-likeness (QED) is 0.836. The molecule has 0 unspecified atom stereocenters. The molecule has 0 spiro atoms. The summed E-state index contributed by atoms with van der Waals surface area (Å²) in [6, 6.07) is 2.97. The van der Waals surface area contributed by atoms with Crippen molar-refractivity contribution in [2.75, 3.05) is 5.32 Å². The van der Waals surface area contributed by atoms with Gasteiger partial charge in [0.1, 0.15) is 6.67 Å². The maximum absolute atomic E-state index is 13.4. The van der Waals surface area contributed by atoms with E-state index in [2.05, 4.69) is 5.32 Å². The first-order valence-electron chi connectivity index (χ1n) is 3.86. The molecule has 0 radical (unpaired) electrons. The zero-order valence-electron chi connectivity index (χ0n) is 7.40. The van der Waals surface area contributed by atoms with Crippen molar-refractivity contribution in [3.8, 4) is 0 Å². The van der Waals surface area contributed by atoms with E-state index in [1.54, 1.807) is 6.07 Å². The van der Waals surface area contributed by atoms with Crippen molar-refractivity contribution in [3.05, 3.63) is 27.1 Å². The molecule has 1 rings (SSSR count). The minimum absolute atomic E-state index is 0.0168. The fourth-order valence-corrected chi connectivity index (χ4v) is 1.57. The van der Waals surface area contributed by atoms with E-state index in [9.17, 15) is 13.6 Å². The Morgan fingerprint density at radius 3 is 2.71 bits per heavy atom. The van der Waals surface area contributed by atoms with Gasteiger partial charge >= 0.3 is 0 Å². The number of hydrogen-bond acceptors (Lipinski definition) is 1.